The number of carbonyl (C=O) groups is 1. The van der Waals surface area contributed by atoms with Crippen molar-refractivity contribution in [1.29, 1.82) is 0 Å². The molecule has 0 bridgehead atoms. The summed E-state index contributed by atoms with van der Waals surface area (Å²) in [6.45, 7) is 0.775. The zero-order valence-corrected chi connectivity index (χ0v) is 8.66. The molecule has 1 saturated carbocycles. The molecular weight excluding hydrogens is 182 g/mol. The number of hydrogen-bond acceptors (Lipinski definition) is 3. The standard InChI is InChI=1S/C10H19NO3/c1-14-9-5-2-4-8(9)11-7-3-6-10(12)13/h8-9,11H,2-7H2,1H3,(H,12,13). The van der Waals surface area contributed by atoms with E-state index in [2.05, 4.69) is 5.32 Å². The van der Waals surface area contributed by atoms with Gasteiger partial charge in [-0.2, -0.15) is 0 Å². The highest BCUT2D eigenvalue weighted by atomic mass is 16.5. The molecule has 0 aromatic heterocycles. The summed E-state index contributed by atoms with van der Waals surface area (Å²) in [6.07, 6.45) is 4.73. The number of aliphatic carboxylic acids is 1. The summed E-state index contributed by atoms with van der Waals surface area (Å²) in [5.41, 5.74) is 0. The minimum absolute atomic E-state index is 0.247. The number of methoxy groups -OCH3 is 1. The molecule has 0 amide bonds. The zero-order chi connectivity index (χ0) is 10.4. The summed E-state index contributed by atoms with van der Waals surface area (Å²) in [7, 11) is 1.74. The topological polar surface area (TPSA) is 58.6 Å². The van der Waals surface area contributed by atoms with E-state index < -0.39 is 5.97 Å². The maximum Gasteiger partial charge on any atom is 0.303 e. The molecule has 2 unspecified atom stereocenters. The van der Waals surface area contributed by atoms with Gasteiger partial charge in [0.15, 0.2) is 0 Å². The van der Waals surface area contributed by atoms with Crippen molar-refractivity contribution in [3.8, 4) is 0 Å². The molecule has 1 rings (SSSR count). The van der Waals surface area contributed by atoms with Gasteiger partial charge in [-0.3, -0.25) is 4.79 Å². The molecule has 0 spiro atoms. The summed E-state index contributed by atoms with van der Waals surface area (Å²) in [4.78, 5) is 10.3. The number of carboxylic acids is 1. The van der Waals surface area contributed by atoms with Crippen molar-refractivity contribution in [3.05, 3.63) is 0 Å². The minimum Gasteiger partial charge on any atom is -0.481 e. The van der Waals surface area contributed by atoms with E-state index in [0.29, 0.717) is 18.6 Å². The average molecular weight is 201 g/mol. The maximum absolute atomic E-state index is 10.3. The maximum atomic E-state index is 10.3. The molecule has 82 valence electrons. The van der Waals surface area contributed by atoms with Crippen LogP contribution >= 0.6 is 0 Å². The van der Waals surface area contributed by atoms with Crippen LogP contribution in [-0.2, 0) is 9.53 Å². The first-order valence-corrected chi connectivity index (χ1v) is 5.22. The largest absolute Gasteiger partial charge is 0.481 e. The summed E-state index contributed by atoms with van der Waals surface area (Å²) < 4.78 is 5.32. The first kappa shape index (κ1) is 11.5. The third-order valence-corrected chi connectivity index (χ3v) is 2.73. The zero-order valence-electron chi connectivity index (χ0n) is 8.66. The van der Waals surface area contributed by atoms with E-state index in [-0.39, 0.29) is 6.42 Å². The second-order valence-electron chi connectivity index (χ2n) is 3.76. The molecule has 1 aliphatic rings. The van der Waals surface area contributed by atoms with Crippen LogP contribution in [0.5, 0.6) is 0 Å². The van der Waals surface area contributed by atoms with Gasteiger partial charge in [0.2, 0.25) is 0 Å². The van der Waals surface area contributed by atoms with Crippen LogP contribution in [0.3, 0.4) is 0 Å². The Morgan fingerprint density at radius 1 is 1.57 bits per heavy atom. The highest BCUT2D eigenvalue weighted by Gasteiger charge is 2.25. The molecule has 1 fully saturated rings. The average Bonchev–Trinajstić information content (AvgIpc) is 2.59. The Labute approximate surface area is 84.6 Å². The molecule has 1 aliphatic carbocycles. The van der Waals surface area contributed by atoms with Gasteiger partial charge in [0.05, 0.1) is 6.10 Å². The van der Waals surface area contributed by atoms with Gasteiger partial charge >= 0.3 is 5.97 Å². The molecule has 0 aromatic rings. The van der Waals surface area contributed by atoms with E-state index in [0.717, 1.165) is 19.4 Å². The SMILES string of the molecule is COC1CCCC1NCCCC(=O)O. The van der Waals surface area contributed by atoms with Gasteiger partial charge in [0, 0.05) is 19.6 Å². The summed E-state index contributed by atoms with van der Waals surface area (Å²) in [6, 6.07) is 0.425. The number of carboxylic acid groups (broad SMARTS) is 1. The Hall–Kier alpha value is -0.610. The minimum atomic E-state index is -0.721. The molecule has 0 radical (unpaired) electrons. The lowest BCUT2D eigenvalue weighted by atomic mass is 10.2. The smallest absolute Gasteiger partial charge is 0.303 e. The van der Waals surface area contributed by atoms with Crippen LogP contribution in [-0.4, -0.2) is 36.9 Å². The van der Waals surface area contributed by atoms with Gasteiger partial charge < -0.3 is 15.2 Å². The second-order valence-corrected chi connectivity index (χ2v) is 3.76. The number of nitrogens with one attached hydrogen (secondary N) is 1. The van der Waals surface area contributed by atoms with Gasteiger partial charge in [0.1, 0.15) is 0 Å². The van der Waals surface area contributed by atoms with E-state index in [1.165, 1.54) is 6.42 Å². The van der Waals surface area contributed by atoms with Crippen LogP contribution < -0.4 is 5.32 Å². The van der Waals surface area contributed by atoms with E-state index in [1.807, 2.05) is 0 Å². The molecule has 0 aliphatic heterocycles. The van der Waals surface area contributed by atoms with Crippen LogP contribution in [0.1, 0.15) is 32.1 Å². The fraction of sp³-hybridized carbons (Fsp3) is 0.900. The molecule has 0 heterocycles. The summed E-state index contributed by atoms with van der Waals surface area (Å²) >= 11 is 0. The lowest BCUT2D eigenvalue weighted by Crippen LogP contribution is -2.37. The molecule has 14 heavy (non-hydrogen) atoms. The van der Waals surface area contributed by atoms with Crippen LogP contribution in [0.2, 0.25) is 0 Å². The quantitative estimate of drug-likeness (QED) is 0.630. The Morgan fingerprint density at radius 2 is 2.36 bits per heavy atom. The predicted octanol–water partition coefficient (Wildman–Crippen LogP) is 1.01. The molecule has 2 N–H and O–H groups in total. The highest BCUT2D eigenvalue weighted by Crippen LogP contribution is 2.21. The fourth-order valence-corrected chi connectivity index (χ4v) is 1.97. The molecule has 4 heteroatoms. The first-order valence-electron chi connectivity index (χ1n) is 5.22. The van der Waals surface area contributed by atoms with E-state index in [1.54, 1.807) is 7.11 Å². The van der Waals surface area contributed by atoms with Crippen LogP contribution in [0, 0.1) is 0 Å². The van der Waals surface area contributed by atoms with E-state index in [4.69, 9.17) is 9.84 Å². The summed E-state index contributed by atoms with van der Waals surface area (Å²) in [5, 5.41) is 11.8. The monoisotopic (exact) mass is 201 g/mol. The summed E-state index contributed by atoms with van der Waals surface area (Å²) in [5.74, 6) is -0.721. The highest BCUT2D eigenvalue weighted by molar-refractivity contribution is 5.66. The third-order valence-electron chi connectivity index (χ3n) is 2.73. The third kappa shape index (κ3) is 3.64. The van der Waals surface area contributed by atoms with Crippen molar-refractivity contribution in [2.45, 2.75) is 44.2 Å². The number of hydrogen-bond donors (Lipinski definition) is 2. The first-order chi connectivity index (χ1) is 6.74. The lowest BCUT2D eigenvalue weighted by molar-refractivity contribution is -0.137. The van der Waals surface area contributed by atoms with Crippen molar-refractivity contribution < 1.29 is 14.6 Å². The number of rotatable bonds is 6. The molecule has 0 aromatic carbocycles. The molecule has 4 nitrogen and oxygen atoms in total. The Balaban J connectivity index is 2.08. The normalized spacial score (nSPS) is 26.6. The van der Waals surface area contributed by atoms with Crippen molar-refractivity contribution in [3.63, 3.8) is 0 Å². The van der Waals surface area contributed by atoms with Gasteiger partial charge in [-0.25, -0.2) is 0 Å². The van der Waals surface area contributed by atoms with Crippen LogP contribution in [0.4, 0.5) is 0 Å². The Morgan fingerprint density at radius 3 is 3.00 bits per heavy atom. The molecule has 2 atom stereocenters. The van der Waals surface area contributed by atoms with Crippen molar-refractivity contribution in [2.75, 3.05) is 13.7 Å². The van der Waals surface area contributed by atoms with Gasteiger partial charge in [-0.05, 0) is 32.2 Å². The Bertz CT molecular complexity index is 184. The van der Waals surface area contributed by atoms with Crippen molar-refractivity contribution >= 4 is 5.97 Å². The van der Waals surface area contributed by atoms with E-state index >= 15 is 0 Å². The van der Waals surface area contributed by atoms with Gasteiger partial charge in [0.25, 0.3) is 0 Å². The fourth-order valence-electron chi connectivity index (χ4n) is 1.97. The van der Waals surface area contributed by atoms with Crippen LogP contribution in [0.25, 0.3) is 0 Å². The number of ether oxygens (including phenoxy) is 1. The molecular formula is C10H19NO3. The van der Waals surface area contributed by atoms with Gasteiger partial charge in [-0.1, -0.05) is 0 Å². The van der Waals surface area contributed by atoms with Crippen molar-refractivity contribution in [2.24, 2.45) is 0 Å². The molecule has 0 saturated heterocycles. The van der Waals surface area contributed by atoms with Crippen molar-refractivity contribution in [1.82, 2.24) is 5.32 Å². The van der Waals surface area contributed by atoms with Gasteiger partial charge in [-0.15, -0.1) is 0 Å². The predicted molar refractivity (Wildman–Crippen MR) is 53.3 cm³/mol. The van der Waals surface area contributed by atoms with Crippen LogP contribution in [0.15, 0.2) is 0 Å². The second kappa shape index (κ2) is 5.98. The Kier molecular flexibility index (Phi) is 4.90. The lowest BCUT2D eigenvalue weighted by Gasteiger charge is -2.19. The van der Waals surface area contributed by atoms with E-state index in [9.17, 15) is 4.79 Å².